The number of sulfonamides is 1. The highest BCUT2D eigenvalue weighted by atomic mass is 32.2. The smallest absolute Gasteiger partial charge is 0.244 e. The van der Waals surface area contributed by atoms with Crippen molar-refractivity contribution in [2.75, 3.05) is 38.4 Å². The van der Waals surface area contributed by atoms with Crippen LogP contribution in [0.2, 0.25) is 0 Å². The second kappa shape index (κ2) is 11.6. The molecule has 0 spiro atoms. The van der Waals surface area contributed by atoms with E-state index in [1.807, 2.05) is 30.3 Å². The summed E-state index contributed by atoms with van der Waals surface area (Å²) in [6.45, 7) is 1.48. The Morgan fingerprint density at radius 2 is 1.67 bits per heavy atom. The van der Waals surface area contributed by atoms with Crippen molar-refractivity contribution >= 4 is 27.5 Å². The van der Waals surface area contributed by atoms with Crippen LogP contribution in [-0.4, -0.2) is 65.2 Å². The van der Waals surface area contributed by atoms with Crippen molar-refractivity contribution in [2.45, 2.75) is 25.9 Å². The van der Waals surface area contributed by atoms with Crippen LogP contribution in [0.25, 0.3) is 0 Å². The van der Waals surface area contributed by atoms with Crippen molar-refractivity contribution < 1.29 is 27.5 Å². The fourth-order valence-corrected chi connectivity index (χ4v) is 4.30. The normalized spacial score (nSPS) is 11.9. The van der Waals surface area contributed by atoms with Gasteiger partial charge in [-0.1, -0.05) is 37.3 Å². The number of carbonyl (C=O) groups is 2. The molecule has 0 unspecified atom stereocenters. The van der Waals surface area contributed by atoms with E-state index in [1.165, 1.54) is 38.3 Å². The van der Waals surface area contributed by atoms with Crippen LogP contribution < -0.4 is 19.1 Å². The molecule has 2 rings (SSSR count). The number of carbonyl (C=O) groups excluding carboxylic acids is 2. The molecule has 180 valence electrons. The van der Waals surface area contributed by atoms with E-state index in [0.717, 1.165) is 16.1 Å². The van der Waals surface area contributed by atoms with Gasteiger partial charge in [0.2, 0.25) is 21.8 Å². The largest absolute Gasteiger partial charge is 0.493 e. The van der Waals surface area contributed by atoms with Crippen LogP contribution in [0, 0.1) is 0 Å². The summed E-state index contributed by atoms with van der Waals surface area (Å²) in [5, 5.41) is 2.58. The van der Waals surface area contributed by atoms with E-state index >= 15 is 0 Å². The first-order chi connectivity index (χ1) is 15.7. The first-order valence-electron chi connectivity index (χ1n) is 10.4. The van der Waals surface area contributed by atoms with Gasteiger partial charge in [-0.05, 0) is 24.1 Å². The molecule has 0 fully saturated rings. The maximum absolute atomic E-state index is 13.5. The predicted molar refractivity (Wildman–Crippen MR) is 127 cm³/mol. The molecule has 0 aliphatic heterocycles. The molecule has 0 radical (unpaired) electrons. The molecule has 2 aromatic rings. The Labute approximate surface area is 195 Å². The van der Waals surface area contributed by atoms with Gasteiger partial charge in [-0.2, -0.15) is 0 Å². The minimum atomic E-state index is -3.83. The molecule has 2 aromatic carbocycles. The number of methoxy groups -OCH3 is 2. The van der Waals surface area contributed by atoms with Crippen molar-refractivity contribution in [3.05, 3.63) is 54.1 Å². The van der Waals surface area contributed by atoms with Gasteiger partial charge in [-0.25, -0.2) is 8.42 Å². The number of benzene rings is 2. The maximum atomic E-state index is 13.5. The molecule has 0 saturated heterocycles. The molecule has 2 amide bonds. The molecule has 1 N–H and O–H groups in total. The minimum absolute atomic E-state index is 0.162. The predicted octanol–water partition coefficient (Wildman–Crippen LogP) is 2.02. The van der Waals surface area contributed by atoms with Crippen molar-refractivity contribution in [2.24, 2.45) is 0 Å². The van der Waals surface area contributed by atoms with Gasteiger partial charge < -0.3 is 19.7 Å². The van der Waals surface area contributed by atoms with Crippen LogP contribution in [0.15, 0.2) is 48.5 Å². The quantitative estimate of drug-likeness (QED) is 0.531. The van der Waals surface area contributed by atoms with E-state index in [9.17, 15) is 18.0 Å². The molecular formula is C23H31N3O6S. The number of hydrogen-bond acceptors (Lipinski definition) is 6. The Morgan fingerprint density at radius 3 is 2.18 bits per heavy atom. The van der Waals surface area contributed by atoms with E-state index in [1.54, 1.807) is 13.0 Å². The molecular weight excluding hydrogens is 446 g/mol. The Bertz CT molecular complexity index is 1060. The zero-order valence-electron chi connectivity index (χ0n) is 19.6. The molecule has 1 atom stereocenters. The van der Waals surface area contributed by atoms with Gasteiger partial charge in [0.1, 0.15) is 12.6 Å². The van der Waals surface area contributed by atoms with Crippen LogP contribution in [0.5, 0.6) is 11.5 Å². The number of nitrogens with zero attached hydrogens (tertiary/aromatic N) is 2. The first kappa shape index (κ1) is 26.0. The average molecular weight is 478 g/mol. The van der Waals surface area contributed by atoms with Gasteiger partial charge in [-0.15, -0.1) is 0 Å². The molecule has 33 heavy (non-hydrogen) atoms. The van der Waals surface area contributed by atoms with Crippen molar-refractivity contribution in [3.63, 3.8) is 0 Å². The van der Waals surface area contributed by atoms with Crippen LogP contribution in [-0.2, 0) is 26.2 Å². The number of amides is 2. The van der Waals surface area contributed by atoms with E-state index in [2.05, 4.69) is 5.32 Å². The van der Waals surface area contributed by atoms with Gasteiger partial charge in [0.15, 0.2) is 11.5 Å². The van der Waals surface area contributed by atoms with Crippen molar-refractivity contribution in [3.8, 4) is 11.5 Å². The fourth-order valence-electron chi connectivity index (χ4n) is 3.46. The third-order valence-electron chi connectivity index (χ3n) is 5.16. The summed E-state index contributed by atoms with van der Waals surface area (Å²) in [7, 11) is 0.581. The summed E-state index contributed by atoms with van der Waals surface area (Å²) < 4.78 is 36.8. The molecule has 10 heteroatoms. The highest BCUT2D eigenvalue weighted by molar-refractivity contribution is 7.92. The zero-order valence-corrected chi connectivity index (χ0v) is 20.4. The van der Waals surface area contributed by atoms with Gasteiger partial charge in [0.05, 0.1) is 26.2 Å². The van der Waals surface area contributed by atoms with Gasteiger partial charge in [-0.3, -0.25) is 13.9 Å². The zero-order chi connectivity index (χ0) is 24.6. The number of rotatable bonds is 11. The second-order valence-electron chi connectivity index (χ2n) is 7.35. The number of hydrogen-bond donors (Lipinski definition) is 1. The summed E-state index contributed by atoms with van der Waals surface area (Å²) in [5.74, 6) is -0.0697. The molecule has 0 saturated carbocycles. The van der Waals surface area contributed by atoms with E-state index in [-0.39, 0.29) is 18.1 Å². The third-order valence-corrected chi connectivity index (χ3v) is 6.30. The Hall–Kier alpha value is -3.27. The van der Waals surface area contributed by atoms with Crippen LogP contribution in [0.3, 0.4) is 0 Å². The SMILES string of the molecule is CC[C@@H](C(=O)NC)N(Cc1ccccc1)C(=O)CN(c1ccc(OC)c(OC)c1)S(C)(=O)=O. The second-order valence-corrected chi connectivity index (χ2v) is 9.26. The van der Waals surface area contributed by atoms with Gasteiger partial charge in [0, 0.05) is 19.7 Å². The average Bonchev–Trinajstić information content (AvgIpc) is 2.81. The summed E-state index contributed by atoms with van der Waals surface area (Å²) in [6.07, 6.45) is 1.39. The topological polar surface area (TPSA) is 105 Å². The Balaban J connectivity index is 2.45. The Kier molecular flexibility index (Phi) is 9.10. The fraction of sp³-hybridized carbons (Fsp3) is 0.391. The summed E-state index contributed by atoms with van der Waals surface area (Å²) in [5.41, 5.74) is 1.07. The highest BCUT2D eigenvalue weighted by Gasteiger charge is 2.31. The summed E-state index contributed by atoms with van der Waals surface area (Å²) >= 11 is 0. The monoisotopic (exact) mass is 477 g/mol. The standard InChI is InChI=1S/C23H31N3O6S/c1-6-19(23(28)24-2)25(15-17-10-8-7-9-11-17)22(27)16-26(33(5,29)30)18-12-13-20(31-3)21(14-18)32-4/h7-14,19H,6,15-16H2,1-5H3,(H,24,28)/t19-/m0/s1. The summed E-state index contributed by atoms with van der Waals surface area (Å²) in [6, 6.07) is 13.1. The van der Waals surface area contributed by atoms with Gasteiger partial charge >= 0.3 is 0 Å². The molecule has 0 heterocycles. The highest BCUT2D eigenvalue weighted by Crippen LogP contribution is 2.32. The van der Waals surface area contributed by atoms with Crippen molar-refractivity contribution in [1.29, 1.82) is 0 Å². The number of ether oxygens (including phenoxy) is 2. The molecule has 0 aromatic heterocycles. The van der Waals surface area contributed by atoms with Crippen LogP contribution in [0.4, 0.5) is 5.69 Å². The van der Waals surface area contributed by atoms with E-state index in [0.29, 0.717) is 17.9 Å². The van der Waals surface area contributed by atoms with E-state index < -0.39 is 28.5 Å². The minimum Gasteiger partial charge on any atom is -0.493 e. The maximum Gasteiger partial charge on any atom is 0.244 e. The molecule has 0 aliphatic rings. The molecule has 0 bridgehead atoms. The number of likely N-dealkylation sites (N-methyl/N-ethyl adjacent to an activating group) is 1. The number of nitrogens with one attached hydrogen (secondary N) is 1. The van der Waals surface area contributed by atoms with Crippen LogP contribution >= 0.6 is 0 Å². The lowest BCUT2D eigenvalue weighted by atomic mass is 10.1. The van der Waals surface area contributed by atoms with Crippen molar-refractivity contribution in [1.82, 2.24) is 10.2 Å². The summed E-state index contributed by atoms with van der Waals surface area (Å²) in [4.78, 5) is 27.4. The Morgan fingerprint density at radius 1 is 1.03 bits per heavy atom. The lowest BCUT2D eigenvalue weighted by Crippen LogP contribution is -2.51. The van der Waals surface area contributed by atoms with Gasteiger partial charge in [0.25, 0.3) is 0 Å². The lowest BCUT2D eigenvalue weighted by Gasteiger charge is -2.32. The first-order valence-corrected chi connectivity index (χ1v) is 12.3. The number of anilines is 1. The third kappa shape index (κ3) is 6.61. The molecule has 9 nitrogen and oxygen atoms in total. The molecule has 0 aliphatic carbocycles. The lowest BCUT2D eigenvalue weighted by molar-refractivity contribution is -0.140. The van der Waals surface area contributed by atoms with E-state index in [4.69, 9.17) is 9.47 Å². The van der Waals surface area contributed by atoms with Crippen LogP contribution in [0.1, 0.15) is 18.9 Å².